The Labute approximate surface area is 114 Å². The minimum Gasteiger partial charge on any atom is -0.352 e. The fraction of sp³-hybridized carbons (Fsp3) is 0.714. The third kappa shape index (κ3) is 3.56. The summed E-state index contributed by atoms with van der Waals surface area (Å²) in [6, 6.07) is 0. The Morgan fingerprint density at radius 3 is 2.74 bits per heavy atom. The molecule has 0 atom stereocenters. The Morgan fingerprint density at radius 2 is 2.16 bits per heavy atom. The average molecular weight is 264 g/mol. The van der Waals surface area contributed by atoms with Gasteiger partial charge in [-0.25, -0.2) is 0 Å². The standard InChI is InChI=1S/C14H24N4O/c1-11-12(10-17-18(11)2)9-16-13(19)8-14(15)6-4-3-5-7-14/h10H,3-9,15H2,1-2H3,(H,16,19). The summed E-state index contributed by atoms with van der Waals surface area (Å²) < 4.78 is 1.81. The molecule has 1 saturated carbocycles. The number of hydrogen-bond acceptors (Lipinski definition) is 3. The summed E-state index contributed by atoms with van der Waals surface area (Å²) in [7, 11) is 1.90. The van der Waals surface area contributed by atoms with E-state index in [0.29, 0.717) is 13.0 Å². The number of carbonyl (C=O) groups is 1. The number of carbonyl (C=O) groups excluding carboxylic acids is 1. The summed E-state index contributed by atoms with van der Waals surface area (Å²) in [6.07, 6.45) is 7.70. The topological polar surface area (TPSA) is 72.9 Å². The first-order chi connectivity index (χ1) is 9.00. The van der Waals surface area contributed by atoms with E-state index in [1.165, 1.54) is 6.42 Å². The molecule has 0 saturated heterocycles. The molecular weight excluding hydrogens is 240 g/mol. The Bertz CT molecular complexity index is 446. The van der Waals surface area contributed by atoms with E-state index in [1.54, 1.807) is 6.20 Å². The van der Waals surface area contributed by atoms with Crippen LogP contribution in [0.2, 0.25) is 0 Å². The molecule has 1 heterocycles. The number of nitrogens with two attached hydrogens (primary N) is 1. The van der Waals surface area contributed by atoms with Gasteiger partial charge in [0.1, 0.15) is 0 Å². The lowest BCUT2D eigenvalue weighted by Gasteiger charge is -2.32. The van der Waals surface area contributed by atoms with Crippen molar-refractivity contribution in [2.75, 3.05) is 0 Å². The summed E-state index contributed by atoms with van der Waals surface area (Å²) in [5, 5.41) is 7.12. The Balaban J connectivity index is 1.83. The van der Waals surface area contributed by atoms with Crippen LogP contribution in [0.15, 0.2) is 6.20 Å². The van der Waals surface area contributed by atoms with Crippen LogP contribution >= 0.6 is 0 Å². The third-order valence-electron chi connectivity index (χ3n) is 4.17. The molecule has 0 radical (unpaired) electrons. The molecule has 0 aliphatic heterocycles. The minimum absolute atomic E-state index is 0.0488. The van der Waals surface area contributed by atoms with Crippen LogP contribution in [0.1, 0.15) is 49.8 Å². The van der Waals surface area contributed by atoms with Gasteiger partial charge in [-0.1, -0.05) is 19.3 Å². The second-order valence-electron chi connectivity index (χ2n) is 5.76. The summed E-state index contributed by atoms with van der Waals surface area (Å²) >= 11 is 0. The van der Waals surface area contributed by atoms with Crippen molar-refractivity contribution in [1.29, 1.82) is 0 Å². The van der Waals surface area contributed by atoms with Crippen LogP contribution in [0, 0.1) is 6.92 Å². The first-order valence-corrected chi connectivity index (χ1v) is 7.03. The zero-order chi connectivity index (χ0) is 13.9. The molecule has 1 aliphatic carbocycles. The molecule has 1 aromatic heterocycles. The van der Waals surface area contributed by atoms with Crippen LogP contribution in [0.4, 0.5) is 0 Å². The lowest BCUT2D eigenvalue weighted by molar-refractivity contribution is -0.122. The smallest absolute Gasteiger partial charge is 0.222 e. The van der Waals surface area contributed by atoms with Crippen LogP contribution in [0.5, 0.6) is 0 Å². The van der Waals surface area contributed by atoms with Gasteiger partial charge in [0, 0.05) is 36.8 Å². The predicted octanol–water partition coefficient (Wildman–Crippen LogP) is 1.40. The number of hydrogen-bond donors (Lipinski definition) is 2. The highest BCUT2D eigenvalue weighted by molar-refractivity contribution is 5.77. The predicted molar refractivity (Wildman–Crippen MR) is 74.4 cm³/mol. The number of amides is 1. The normalized spacial score (nSPS) is 18.3. The van der Waals surface area contributed by atoms with Crippen LogP contribution in [0.25, 0.3) is 0 Å². The van der Waals surface area contributed by atoms with E-state index < -0.39 is 0 Å². The molecule has 0 bridgehead atoms. The summed E-state index contributed by atoms with van der Waals surface area (Å²) in [5.41, 5.74) is 8.14. The van der Waals surface area contributed by atoms with Gasteiger partial charge in [0.05, 0.1) is 6.20 Å². The molecule has 0 spiro atoms. The summed E-state index contributed by atoms with van der Waals surface area (Å²) in [4.78, 5) is 12.0. The van der Waals surface area contributed by atoms with Gasteiger partial charge in [-0.2, -0.15) is 5.10 Å². The zero-order valence-corrected chi connectivity index (χ0v) is 11.9. The van der Waals surface area contributed by atoms with E-state index >= 15 is 0 Å². The first-order valence-electron chi connectivity index (χ1n) is 7.03. The molecule has 106 valence electrons. The van der Waals surface area contributed by atoms with Crippen LogP contribution < -0.4 is 11.1 Å². The van der Waals surface area contributed by atoms with Crippen molar-refractivity contribution in [3.63, 3.8) is 0 Å². The highest BCUT2D eigenvalue weighted by Gasteiger charge is 2.29. The first kappa shape index (κ1) is 14.1. The fourth-order valence-corrected chi connectivity index (χ4v) is 2.73. The van der Waals surface area contributed by atoms with Gasteiger partial charge in [-0.15, -0.1) is 0 Å². The second-order valence-corrected chi connectivity index (χ2v) is 5.76. The molecule has 1 aromatic rings. The van der Waals surface area contributed by atoms with Crippen molar-refractivity contribution < 1.29 is 4.79 Å². The van der Waals surface area contributed by atoms with Crippen LogP contribution in [-0.4, -0.2) is 21.2 Å². The second kappa shape index (κ2) is 5.74. The number of rotatable bonds is 4. The number of aromatic nitrogens is 2. The molecule has 1 amide bonds. The van der Waals surface area contributed by atoms with E-state index in [9.17, 15) is 4.79 Å². The van der Waals surface area contributed by atoms with E-state index in [1.807, 2.05) is 18.7 Å². The molecule has 1 aliphatic rings. The lowest BCUT2D eigenvalue weighted by Crippen LogP contribution is -2.45. The van der Waals surface area contributed by atoms with E-state index in [2.05, 4.69) is 10.4 Å². The number of aryl methyl sites for hydroxylation is 1. The van der Waals surface area contributed by atoms with Crippen molar-refractivity contribution in [1.82, 2.24) is 15.1 Å². The van der Waals surface area contributed by atoms with E-state index in [0.717, 1.165) is 36.9 Å². The van der Waals surface area contributed by atoms with Crippen LogP contribution in [-0.2, 0) is 18.4 Å². The van der Waals surface area contributed by atoms with Crippen molar-refractivity contribution in [3.8, 4) is 0 Å². The van der Waals surface area contributed by atoms with Gasteiger partial charge < -0.3 is 11.1 Å². The van der Waals surface area contributed by atoms with Crippen molar-refractivity contribution in [3.05, 3.63) is 17.5 Å². The summed E-state index contributed by atoms with van der Waals surface area (Å²) in [6.45, 7) is 2.54. The third-order valence-corrected chi connectivity index (χ3v) is 4.17. The van der Waals surface area contributed by atoms with Gasteiger partial charge in [-0.05, 0) is 19.8 Å². The maximum Gasteiger partial charge on any atom is 0.222 e. The quantitative estimate of drug-likeness (QED) is 0.863. The fourth-order valence-electron chi connectivity index (χ4n) is 2.73. The van der Waals surface area contributed by atoms with Gasteiger partial charge in [0.15, 0.2) is 0 Å². The number of nitrogens with zero attached hydrogens (tertiary/aromatic N) is 2. The van der Waals surface area contributed by atoms with Gasteiger partial charge in [0.25, 0.3) is 0 Å². The maximum absolute atomic E-state index is 12.0. The van der Waals surface area contributed by atoms with E-state index in [-0.39, 0.29) is 11.4 Å². The molecule has 0 aromatic carbocycles. The average Bonchev–Trinajstić information content (AvgIpc) is 2.68. The van der Waals surface area contributed by atoms with E-state index in [4.69, 9.17) is 5.73 Å². The SMILES string of the molecule is Cc1c(CNC(=O)CC2(N)CCCCC2)cnn1C. The monoisotopic (exact) mass is 264 g/mol. The lowest BCUT2D eigenvalue weighted by atomic mass is 9.80. The molecule has 1 fully saturated rings. The van der Waals surface area contributed by atoms with Crippen molar-refractivity contribution in [2.45, 2.75) is 57.5 Å². The molecule has 5 heteroatoms. The number of nitrogens with one attached hydrogen (secondary N) is 1. The Hall–Kier alpha value is -1.36. The van der Waals surface area contributed by atoms with Gasteiger partial charge in [-0.3, -0.25) is 9.48 Å². The van der Waals surface area contributed by atoms with Gasteiger partial charge in [0.2, 0.25) is 5.91 Å². The minimum atomic E-state index is -0.285. The Morgan fingerprint density at radius 1 is 1.47 bits per heavy atom. The molecule has 5 nitrogen and oxygen atoms in total. The highest BCUT2D eigenvalue weighted by Crippen LogP contribution is 2.28. The van der Waals surface area contributed by atoms with Crippen molar-refractivity contribution >= 4 is 5.91 Å². The molecule has 0 unspecified atom stereocenters. The largest absolute Gasteiger partial charge is 0.352 e. The Kier molecular flexibility index (Phi) is 4.24. The van der Waals surface area contributed by atoms with Gasteiger partial charge >= 0.3 is 0 Å². The maximum atomic E-state index is 12.0. The zero-order valence-electron chi connectivity index (χ0n) is 11.9. The molecule has 19 heavy (non-hydrogen) atoms. The molecular formula is C14H24N4O. The molecule has 3 N–H and O–H groups in total. The summed E-state index contributed by atoms with van der Waals surface area (Å²) in [5.74, 6) is 0.0488. The van der Waals surface area contributed by atoms with Crippen molar-refractivity contribution in [2.24, 2.45) is 12.8 Å². The molecule has 2 rings (SSSR count). The highest BCUT2D eigenvalue weighted by atomic mass is 16.1. The van der Waals surface area contributed by atoms with Crippen LogP contribution in [0.3, 0.4) is 0 Å².